The van der Waals surface area contributed by atoms with E-state index >= 15 is 0 Å². The molecule has 19 heavy (non-hydrogen) atoms. The van der Waals surface area contributed by atoms with E-state index in [4.69, 9.17) is 11.6 Å². The molecule has 0 radical (unpaired) electrons. The van der Waals surface area contributed by atoms with E-state index in [9.17, 15) is 10.1 Å². The van der Waals surface area contributed by atoms with Crippen molar-refractivity contribution in [2.45, 2.75) is 32.2 Å². The van der Waals surface area contributed by atoms with Crippen LogP contribution in [0.1, 0.15) is 26.6 Å². The van der Waals surface area contributed by atoms with Crippen LogP contribution in [0.25, 0.3) is 10.7 Å². The van der Waals surface area contributed by atoms with Crippen molar-refractivity contribution >= 4 is 27.9 Å². The molecule has 0 saturated carbocycles. The first kappa shape index (κ1) is 14.0. The molecule has 0 unspecified atom stereocenters. The number of hydrogen-bond donors (Lipinski definition) is 0. The predicted molar refractivity (Wildman–Crippen MR) is 74.5 cm³/mol. The molecule has 0 aliphatic carbocycles. The first-order valence-electron chi connectivity index (χ1n) is 5.60. The van der Waals surface area contributed by atoms with E-state index in [0.717, 1.165) is 11.3 Å². The number of alkyl halides is 1. The number of aromatic nitrogens is 3. The van der Waals surface area contributed by atoms with Gasteiger partial charge in [-0.25, -0.2) is 0 Å². The summed E-state index contributed by atoms with van der Waals surface area (Å²) in [5.41, 5.74) is -0.248. The highest BCUT2D eigenvalue weighted by molar-refractivity contribution is 7.18. The average molecular weight is 301 g/mol. The minimum atomic E-state index is -0.408. The van der Waals surface area contributed by atoms with Gasteiger partial charge < -0.3 is 4.57 Å². The minimum Gasteiger partial charge on any atom is -0.304 e. The van der Waals surface area contributed by atoms with Gasteiger partial charge in [0.15, 0.2) is 5.82 Å². The summed E-state index contributed by atoms with van der Waals surface area (Å²) in [4.78, 5) is 11.0. The summed E-state index contributed by atoms with van der Waals surface area (Å²) in [5, 5.41) is 19.0. The minimum absolute atomic E-state index is 0.0888. The Morgan fingerprint density at radius 3 is 2.58 bits per heavy atom. The van der Waals surface area contributed by atoms with Crippen molar-refractivity contribution in [3.05, 3.63) is 28.1 Å². The van der Waals surface area contributed by atoms with Gasteiger partial charge in [0, 0.05) is 11.6 Å². The van der Waals surface area contributed by atoms with Crippen LogP contribution < -0.4 is 0 Å². The summed E-state index contributed by atoms with van der Waals surface area (Å²) in [6, 6.07) is 3.16. The molecule has 0 saturated heterocycles. The van der Waals surface area contributed by atoms with E-state index in [1.165, 1.54) is 6.07 Å². The quantitative estimate of drug-likeness (QED) is 0.494. The lowest BCUT2D eigenvalue weighted by molar-refractivity contribution is -0.380. The summed E-state index contributed by atoms with van der Waals surface area (Å²) < 4.78 is 1.91. The Bertz CT molecular complexity index is 614. The molecule has 0 amide bonds. The third-order valence-electron chi connectivity index (χ3n) is 2.51. The van der Waals surface area contributed by atoms with Gasteiger partial charge in [0.2, 0.25) is 0 Å². The van der Waals surface area contributed by atoms with Crippen LogP contribution in [0.2, 0.25) is 0 Å². The van der Waals surface area contributed by atoms with Gasteiger partial charge in [0.25, 0.3) is 0 Å². The van der Waals surface area contributed by atoms with Crippen LogP contribution in [0.4, 0.5) is 5.00 Å². The Labute approximate surface area is 119 Å². The van der Waals surface area contributed by atoms with E-state index in [2.05, 4.69) is 10.2 Å². The number of halogens is 1. The molecule has 2 rings (SSSR count). The van der Waals surface area contributed by atoms with Crippen LogP contribution in [-0.2, 0) is 11.4 Å². The molecule has 0 N–H and O–H groups in total. The summed E-state index contributed by atoms with van der Waals surface area (Å²) in [7, 11) is 0. The fourth-order valence-corrected chi connectivity index (χ4v) is 2.78. The van der Waals surface area contributed by atoms with E-state index < -0.39 is 4.92 Å². The Morgan fingerprint density at radius 2 is 2.11 bits per heavy atom. The van der Waals surface area contributed by atoms with Crippen molar-refractivity contribution in [2.24, 2.45) is 0 Å². The highest BCUT2D eigenvalue weighted by Gasteiger charge is 2.25. The third kappa shape index (κ3) is 2.62. The maximum Gasteiger partial charge on any atom is 0.324 e. The van der Waals surface area contributed by atoms with Gasteiger partial charge in [-0.2, -0.15) is 0 Å². The van der Waals surface area contributed by atoms with Gasteiger partial charge in [-0.15, -0.1) is 21.8 Å². The molecule has 2 aromatic rings. The maximum absolute atomic E-state index is 10.7. The molecule has 0 bridgehead atoms. The van der Waals surface area contributed by atoms with Gasteiger partial charge in [-0.1, -0.05) is 11.3 Å². The van der Waals surface area contributed by atoms with Gasteiger partial charge in [-0.3, -0.25) is 10.1 Å². The molecule has 8 heteroatoms. The standard InChI is InChI=1S/C11H13ClN4O2S/c1-11(2,3)15-8(6-12)13-14-10(15)7-4-5-9(19-7)16(17)18/h4-5H,6H2,1-3H3. The van der Waals surface area contributed by atoms with Crippen LogP contribution in [0.5, 0.6) is 0 Å². The molecule has 0 aliphatic heterocycles. The Balaban J connectivity index is 2.56. The number of thiophene rings is 1. The largest absolute Gasteiger partial charge is 0.324 e. The Kier molecular flexibility index (Phi) is 3.60. The zero-order valence-electron chi connectivity index (χ0n) is 10.8. The summed E-state index contributed by atoms with van der Waals surface area (Å²) >= 11 is 6.95. The van der Waals surface area contributed by atoms with Crippen molar-refractivity contribution in [3.8, 4) is 10.7 Å². The molecule has 0 aliphatic rings. The molecule has 2 aromatic heterocycles. The van der Waals surface area contributed by atoms with E-state index in [1.807, 2.05) is 25.3 Å². The fraction of sp³-hybridized carbons (Fsp3) is 0.455. The highest BCUT2D eigenvalue weighted by atomic mass is 35.5. The van der Waals surface area contributed by atoms with E-state index in [1.54, 1.807) is 6.07 Å². The normalized spacial score (nSPS) is 11.8. The predicted octanol–water partition coefficient (Wildman–Crippen LogP) is 3.41. The molecule has 0 aromatic carbocycles. The van der Waals surface area contributed by atoms with Gasteiger partial charge >= 0.3 is 5.00 Å². The molecule has 0 spiro atoms. The molecular weight excluding hydrogens is 288 g/mol. The van der Waals surface area contributed by atoms with Crippen LogP contribution in [0.15, 0.2) is 12.1 Å². The van der Waals surface area contributed by atoms with Gasteiger partial charge in [0.05, 0.1) is 15.7 Å². The molecule has 6 nitrogen and oxygen atoms in total. The highest BCUT2D eigenvalue weighted by Crippen LogP contribution is 2.34. The van der Waals surface area contributed by atoms with Crippen LogP contribution in [-0.4, -0.2) is 19.7 Å². The first-order valence-corrected chi connectivity index (χ1v) is 6.95. The fourth-order valence-electron chi connectivity index (χ4n) is 1.81. The number of nitro groups is 1. The lowest BCUT2D eigenvalue weighted by Gasteiger charge is -2.24. The first-order chi connectivity index (χ1) is 8.84. The van der Waals surface area contributed by atoms with Crippen molar-refractivity contribution in [3.63, 3.8) is 0 Å². The maximum atomic E-state index is 10.7. The Morgan fingerprint density at radius 1 is 1.42 bits per heavy atom. The van der Waals surface area contributed by atoms with Crippen LogP contribution >= 0.6 is 22.9 Å². The lowest BCUT2D eigenvalue weighted by Crippen LogP contribution is -2.24. The second-order valence-corrected chi connectivity index (χ2v) is 6.30. The number of nitrogens with zero attached hydrogens (tertiary/aromatic N) is 4. The van der Waals surface area contributed by atoms with Gasteiger partial charge in [0.1, 0.15) is 5.82 Å². The van der Waals surface area contributed by atoms with Crippen LogP contribution in [0, 0.1) is 10.1 Å². The molecule has 102 valence electrons. The monoisotopic (exact) mass is 300 g/mol. The van der Waals surface area contributed by atoms with Crippen molar-refractivity contribution in [2.75, 3.05) is 0 Å². The zero-order valence-corrected chi connectivity index (χ0v) is 12.3. The lowest BCUT2D eigenvalue weighted by atomic mass is 10.1. The molecule has 2 heterocycles. The van der Waals surface area contributed by atoms with Crippen molar-refractivity contribution in [1.29, 1.82) is 0 Å². The zero-order chi connectivity index (χ0) is 14.2. The van der Waals surface area contributed by atoms with Crippen molar-refractivity contribution in [1.82, 2.24) is 14.8 Å². The topological polar surface area (TPSA) is 73.8 Å². The van der Waals surface area contributed by atoms with E-state index in [0.29, 0.717) is 16.5 Å². The van der Waals surface area contributed by atoms with Gasteiger partial charge in [-0.05, 0) is 26.8 Å². The smallest absolute Gasteiger partial charge is 0.304 e. The molecule has 0 fully saturated rings. The summed E-state index contributed by atoms with van der Waals surface area (Å²) in [5.74, 6) is 1.51. The summed E-state index contributed by atoms with van der Waals surface area (Å²) in [6.45, 7) is 6.04. The SMILES string of the molecule is CC(C)(C)n1c(CCl)nnc1-c1ccc([N+](=O)[O-])s1. The second kappa shape index (κ2) is 4.90. The third-order valence-corrected chi connectivity index (χ3v) is 3.78. The number of rotatable bonds is 3. The Hall–Kier alpha value is -1.47. The van der Waals surface area contributed by atoms with Crippen LogP contribution in [0.3, 0.4) is 0 Å². The summed E-state index contributed by atoms with van der Waals surface area (Å²) in [6.07, 6.45) is 0. The van der Waals surface area contributed by atoms with Crippen molar-refractivity contribution < 1.29 is 4.92 Å². The van der Waals surface area contributed by atoms with E-state index in [-0.39, 0.29) is 16.4 Å². The second-order valence-electron chi connectivity index (χ2n) is 4.97. The molecular formula is C11H13ClN4O2S. The molecule has 0 atom stereocenters. The number of hydrogen-bond acceptors (Lipinski definition) is 5. The average Bonchev–Trinajstić information content (AvgIpc) is 2.94.